The van der Waals surface area contributed by atoms with E-state index in [1.165, 1.54) is 4.80 Å². The number of hydrogen-bond acceptors (Lipinski definition) is 5. The van der Waals surface area contributed by atoms with Crippen LogP contribution in [0.2, 0.25) is 0 Å². The molecule has 0 spiro atoms. The van der Waals surface area contributed by atoms with Crippen LogP contribution in [-0.2, 0) is 0 Å². The minimum atomic E-state index is 0.0297. The molecule has 30 heavy (non-hydrogen) atoms. The Hall–Kier alpha value is -3.22. The third-order valence-corrected chi connectivity index (χ3v) is 5.88. The molecule has 3 aromatic rings. The van der Waals surface area contributed by atoms with Crippen LogP contribution in [0.1, 0.15) is 41.3 Å². The van der Waals surface area contributed by atoms with Crippen molar-refractivity contribution in [1.82, 2.24) is 24.9 Å². The molecule has 1 N–H and O–H groups in total. The van der Waals surface area contributed by atoms with Crippen molar-refractivity contribution in [3.05, 3.63) is 65.6 Å². The van der Waals surface area contributed by atoms with Crippen LogP contribution in [-0.4, -0.2) is 49.9 Å². The largest absolute Gasteiger partial charge is 0.368 e. The van der Waals surface area contributed by atoms with Gasteiger partial charge in [0.25, 0.3) is 5.91 Å². The Kier molecular flexibility index (Phi) is 5.79. The maximum Gasteiger partial charge on any atom is 0.256 e. The Balaban J connectivity index is 1.62. The fourth-order valence-electron chi connectivity index (χ4n) is 4.17. The van der Waals surface area contributed by atoms with Crippen LogP contribution in [0.5, 0.6) is 0 Å². The van der Waals surface area contributed by atoms with Gasteiger partial charge in [-0.2, -0.15) is 15.0 Å². The van der Waals surface area contributed by atoms with E-state index < -0.39 is 0 Å². The summed E-state index contributed by atoms with van der Waals surface area (Å²) in [4.78, 5) is 21.7. The first-order valence-electron chi connectivity index (χ1n) is 10.5. The maximum absolute atomic E-state index is 13.7. The summed E-state index contributed by atoms with van der Waals surface area (Å²) < 4.78 is 0. The highest BCUT2D eigenvalue weighted by atomic mass is 16.2. The number of benzene rings is 1. The standard InChI is InChI=1S/C23H28N6O/c1-16-8-9-20(29-26-11-12-27-29)19(14-16)23(30)28-13-5-7-17(2)21(28)15-25-22-18(3)6-4-10-24-22/h4,6,8-12,14,17,21H,5,7,13,15H2,1-3H3,(H,24,25). The summed E-state index contributed by atoms with van der Waals surface area (Å²) >= 11 is 0. The molecule has 7 heteroatoms. The third-order valence-electron chi connectivity index (χ3n) is 5.88. The Bertz CT molecular complexity index is 1020. The van der Waals surface area contributed by atoms with E-state index >= 15 is 0 Å². The van der Waals surface area contributed by atoms with Gasteiger partial charge in [0.2, 0.25) is 0 Å². The first-order chi connectivity index (χ1) is 14.5. The summed E-state index contributed by atoms with van der Waals surface area (Å²) in [5.41, 5.74) is 3.49. The van der Waals surface area contributed by atoms with Crippen LogP contribution in [0.3, 0.4) is 0 Å². The average molecular weight is 405 g/mol. The number of amides is 1. The number of nitrogens with one attached hydrogen (secondary N) is 1. The summed E-state index contributed by atoms with van der Waals surface area (Å²) in [6.07, 6.45) is 7.16. The zero-order valence-corrected chi connectivity index (χ0v) is 17.7. The van der Waals surface area contributed by atoms with Crippen LogP contribution in [0.25, 0.3) is 5.69 Å². The summed E-state index contributed by atoms with van der Waals surface area (Å²) in [6.45, 7) is 7.68. The van der Waals surface area contributed by atoms with Gasteiger partial charge in [-0.05, 0) is 56.4 Å². The lowest BCUT2D eigenvalue weighted by Crippen LogP contribution is -2.51. The molecule has 1 aromatic carbocycles. The number of nitrogens with zero attached hydrogens (tertiary/aromatic N) is 5. The van der Waals surface area contributed by atoms with Crippen LogP contribution in [0.4, 0.5) is 5.82 Å². The monoisotopic (exact) mass is 404 g/mol. The zero-order valence-electron chi connectivity index (χ0n) is 17.7. The van der Waals surface area contributed by atoms with Crippen molar-refractivity contribution in [2.45, 2.75) is 39.7 Å². The predicted molar refractivity (Wildman–Crippen MR) is 117 cm³/mol. The van der Waals surface area contributed by atoms with Gasteiger partial charge in [0.15, 0.2) is 0 Å². The lowest BCUT2D eigenvalue weighted by atomic mass is 9.89. The topological polar surface area (TPSA) is 75.9 Å². The van der Waals surface area contributed by atoms with E-state index in [0.717, 1.165) is 36.3 Å². The number of carbonyl (C=O) groups excluding carboxylic acids is 1. The van der Waals surface area contributed by atoms with Crippen molar-refractivity contribution in [1.29, 1.82) is 0 Å². The van der Waals surface area contributed by atoms with Gasteiger partial charge < -0.3 is 10.2 Å². The predicted octanol–water partition coefficient (Wildman–Crippen LogP) is 3.63. The molecule has 0 bridgehead atoms. The number of aryl methyl sites for hydroxylation is 2. The van der Waals surface area contributed by atoms with E-state index in [0.29, 0.717) is 23.7 Å². The highest BCUT2D eigenvalue weighted by Gasteiger charge is 2.33. The first-order valence-corrected chi connectivity index (χ1v) is 10.5. The van der Waals surface area contributed by atoms with Crippen molar-refractivity contribution in [2.75, 3.05) is 18.4 Å². The average Bonchev–Trinajstić information content (AvgIpc) is 3.28. The van der Waals surface area contributed by atoms with E-state index in [-0.39, 0.29) is 11.9 Å². The van der Waals surface area contributed by atoms with Crippen molar-refractivity contribution >= 4 is 11.7 Å². The molecule has 1 amide bonds. The maximum atomic E-state index is 13.7. The number of anilines is 1. The van der Waals surface area contributed by atoms with Crippen LogP contribution in [0.15, 0.2) is 48.9 Å². The first kappa shape index (κ1) is 20.1. The Labute approximate surface area is 177 Å². The summed E-state index contributed by atoms with van der Waals surface area (Å²) in [5, 5.41) is 11.9. The third kappa shape index (κ3) is 4.06. The fraction of sp³-hybridized carbons (Fsp3) is 0.391. The van der Waals surface area contributed by atoms with E-state index in [4.69, 9.17) is 0 Å². The van der Waals surface area contributed by atoms with Gasteiger partial charge in [0.1, 0.15) is 5.82 Å². The fourth-order valence-corrected chi connectivity index (χ4v) is 4.17. The molecule has 2 unspecified atom stereocenters. The minimum absolute atomic E-state index is 0.0297. The van der Waals surface area contributed by atoms with Gasteiger partial charge in [-0.1, -0.05) is 24.6 Å². The Morgan fingerprint density at radius 2 is 1.97 bits per heavy atom. The molecule has 1 fully saturated rings. The second kappa shape index (κ2) is 8.65. The number of likely N-dealkylation sites (tertiary alicyclic amines) is 1. The summed E-state index contributed by atoms with van der Waals surface area (Å²) in [5.74, 6) is 1.30. The minimum Gasteiger partial charge on any atom is -0.368 e. The summed E-state index contributed by atoms with van der Waals surface area (Å²) in [7, 11) is 0. The molecule has 2 aromatic heterocycles. The molecule has 2 atom stereocenters. The van der Waals surface area contributed by atoms with Crippen molar-refractivity contribution in [3.8, 4) is 5.69 Å². The van der Waals surface area contributed by atoms with Gasteiger partial charge in [-0.15, -0.1) is 0 Å². The van der Waals surface area contributed by atoms with E-state index in [1.54, 1.807) is 18.6 Å². The molecule has 3 heterocycles. The Morgan fingerprint density at radius 3 is 2.73 bits per heavy atom. The van der Waals surface area contributed by atoms with Gasteiger partial charge in [-0.25, -0.2) is 4.98 Å². The second-order valence-corrected chi connectivity index (χ2v) is 8.07. The number of hydrogen-bond donors (Lipinski definition) is 1. The smallest absolute Gasteiger partial charge is 0.256 e. The van der Waals surface area contributed by atoms with Gasteiger partial charge >= 0.3 is 0 Å². The molecule has 4 rings (SSSR count). The van der Waals surface area contributed by atoms with Crippen molar-refractivity contribution in [3.63, 3.8) is 0 Å². The van der Waals surface area contributed by atoms with Gasteiger partial charge in [0, 0.05) is 19.3 Å². The van der Waals surface area contributed by atoms with Crippen molar-refractivity contribution < 1.29 is 4.79 Å². The normalized spacial score (nSPS) is 19.0. The highest BCUT2D eigenvalue weighted by Crippen LogP contribution is 2.27. The molecule has 1 aliphatic rings. The number of pyridine rings is 1. The van der Waals surface area contributed by atoms with Crippen LogP contribution >= 0.6 is 0 Å². The summed E-state index contributed by atoms with van der Waals surface area (Å²) in [6, 6.07) is 9.90. The molecule has 0 saturated carbocycles. The van der Waals surface area contributed by atoms with E-state index in [2.05, 4.69) is 27.4 Å². The molecule has 156 valence electrons. The van der Waals surface area contributed by atoms with Crippen molar-refractivity contribution in [2.24, 2.45) is 5.92 Å². The molecular formula is C23H28N6O. The molecule has 0 radical (unpaired) electrons. The number of aromatic nitrogens is 4. The van der Waals surface area contributed by atoms with Gasteiger partial charge in [-0.3, -0.25) is 4.79 Å². The second-order valence-electron chi connectivity index (χ2n) is 8.07. The number of rotatable bonds is 5. The zero-order chi connectivity index (χ0) is 21.1. The van der Waals surface area contributed by atoms with Crippen LogP contribution < -0.4 is 5.32 Å². The molecule has 0 aliphatic carbocycles. The highest BCUT2D eigenvalue weighted by molar-refractivity contribution is 5.98. The lowest BCUT2D eigenvalue weighted by molar-refractivity contribution is 0.0539. The number of piperidine rings is 1. The number of carbonyl (C=O) groups is 1. The molecule has 1 aliphatic heterocycles. The SMILES string of the molecule is Cc1ccc(-n2nccn2)c(C(=O)N2CCCC(C)C2CNc2ncccc2C)c1. The Morgan fingerprint density at radius 1 is 1.17 bits per heavy atom. The molecule has 1 saturated heterocycles. The molecule has 7 nitrogen and oxygen atoms in total. The molecular weight excluding hydrogens is 376 g/mol. The quantitative estimate of drug-likeness (QED) is 0.703. The van der Waals surface area contributed by atoms with E-state index in [1.807, 2.05) is 49.1 Å². The van der Waals surface area contributed by atoms with Gasteiger partial charge in [0.05, 0.1) is 29.7 Å². The van der Waals surface area contributed by atoms with E-state index in [9.17, 15) is 4.79 Å². The lowest BCUT2D eigenvalue weighted by Gasteiger charge is -2.40. The van der Waals surface area contributed by atoms with Crippen LogP contribution in [0, 0.1) is 19.8 Å².